The highest BCUT2D eigenvalue weighted by atomic mass is 32.1. The van der Waals surface area contributed by atoms with Crippen molar-refractivity contribution in [3.8, 4) is 0 Å². The van der Waals surface area contributed by atoms with Crippen molar-refractivity contribution in [3.63, 3.8) is 0 Å². The SMILES string of the molecule is CC(C)NCCNC(=S)NC(C)C. The molecule has 0 unspecified atom stereocenters. The average Bonchev–Trinajstić information content (AvgIpc) is 1.96. The second-order valence-electron chi connectivity index (χ2n) is 3.66. The minimum Gasteiger partial charge on any atom is -0.361 e. The minimum absolute atomic E-state index is 0.401. The summed E-state index contributed by atoms with van der Waals surface area (Å²) in [5.74, 6) is 0. The van der Waals surface area contributed by atoms with Crippen LogP contribution in [-0.4, -0.2) is 30.3 Å². The third-order valence-corrected chi connectivity index (χ3v) is 1.65. The lowest BCUT2D eigenvalue weighted by Crippen LogP contribution is -2.42. The van der Waals surface area contributed by atoms with Crippen LogP contribution >= 0.6 is 12.2 Å². The highest BCUT2D eigenvalue weighted by Gasteiger charge is 1.96. The van der Waals surface area contributed by atoms with Gasteiger partial charge in [-0.3, -0.25) is 0 Å². The quantitative estimate of drug-likeness (QED) is 0.457. The van der Waals surface area contributed by atoms with Crippen LogP contribution in [0.5, 0.6) is 0 Å². The van der Waals surface area contributed by atoms with Crippen LogP contribution in [0.3, 0.4) is 0 Å². The maximum Gasteiger partial charge on any atom is 0.166 e. The van der Waals surface area contributed by atoms with Gasteiger partial charge in [-0.15, -0.1) is 0 Å². The molecule has 0 aromatic heterocycles. The average molecular weight is 203 g/mol. The van der Waals surface area contributed by atoms with E-state index >= 15 is 0 Å². The van der Waals surface area contributed by atoms with Crippen molar-refractivity contribution < 1.29 is 0 Å². The zero-order chi connectivity index (χ0) is 10.3. The number of hydrogen-bond acceptors (Lipinski definition) is 2. The molecule has 13 heavy (non-hydrogen) atoms. The topological polar surface area (TPSA) is 36.1 Å². The highest BCUT2D eigenvalue weighted by Crippen LogP contribution is 1.77. The highest BCUT2D eigenvalue weighted by molar-refractivity contribution is 7.80. The fraction of sp³-hybridized carbons (Fsp3) is 0.889. The Labute approximate surface area is 86.7 Å². The summed E-state index contributed by atoms with van der Waals surface area (Å²) in [5.41, 5.74) is 0. The molecule has 0 saturated heterocycles. The molecule has 0 rings (SSSR count). The zero-order valence-corrected chi connectivity index (χ0v) is 9.79. The Morgan fingerprint density at radius 1 is 1.08 bits per heavy atom. The Balaban J connectivity index is 3.27. The van der Waals surface area contributed by atoms with E-state index in [0.29, 0.717) is 12.1 Å². The minimum atomic E-state index is 0.401. The standard InChI is InChI=1S/C9H21N3S/c1-7(2)10-5-6-11-9(13)12-8(3)4/h7-8,10H,5-6H2,1-4H3,(H2,11,12,13). The molecule has 0 spiro atoms. The van der Waals surface area contributed by atoms with Crippen molar-refractivity contribution in [1.82, 2.24) is 16.0 Å². The molecule has 0 aliphatic carbocycles. The molecular weight excluding hydrogens is 182 g/mol. The molecule has 3 N–H and O–H groups in total. The predicted molar refractivity (Wildman–Crippen MR) is 62.0 cm³/mol. The largest absolute Gasteiger partial charge is 0.361 e. The summed E-state index contributed by atoms with van der Waals surface area (Å²) in [7, 11) is 0. The monoisotopic (exact) mass is 203 g/mol. The molecule has 0 atom stereocenters. The summed E-state index contributed by atoms with van der Waals surface area (Å²) in [4.78, 5) is 0. The van der Waals surface area contributed by atoms with E-state index in [1.165, 1.54) is 0 Å². The third kappa shape index (κ3) is 9.56. The first-order chi connectivity index (χ1) is 6.02. The van der Waals surface area contributed by atoms with Crippen LogP contribution in [0.2, 0.25) is 0 Å². The Hall–Kier alpha value is -0.350. The molecule has 0 heterocycles. The van der Waals surface area contributed by atoms with Gasteiger partial charge in [0.2, 0.25) is 0 Å². The summed E-state index contributed by atoms with van der Waals surface area (Å²) < 4.78 is 0. The van der Waals surface area contributed by atoms with E-state index in [0.717, 1.165) is 18.2 Å². The van der Waals surface area contributed by atoms with Crippen molar-refractivity contribution in [3.05, 3.63) is 0 Å². The van der Waals surface area contributed by atoms with Crippen LogP contribution in [0, 0.1) is 0 Å². The molecule has 0 aromatic rings. The van der Waals surface area contributed by atoms with Gasteiger partial charge in [-0.25, -0.2) is 0 Å². The van der Waals surface area contributed by atoms with Crippen LogP contribution in [-0.2, 0) is 0 Å². The second-order valence-corrected chi connectivity index (χ2v) is 4.07. The first-order valence-electron chi connectivity index (χ1n) is 4.80. The van der Waals surface area contributed by atoms with Crippen LogP contribution in [0.25, 0.3) is 0 Å². The Kier molecular flexibility index (Phi) is 6.90. The van der Waals surface area contributed by atoms with Crippen LogP contribution in [0.1, 0.15) is 27.7 Å². The molecule has 0 aliphatic rings. The first-order valence-corrected chi connectivity index (χ1v) is 5.21. The van der Waals surface area contributed by atoms with Crippen molar-refractivity contribution in [2.45, 2.75) is 39.8 Å². The summed E-state index contributed by atoms with van der Waals surface area (Å²) in [5, 5.41) is 10.3. The summed E-state index contributed by atoms with van der Waals surface area (Å²) >= 11 is 5.06. The number of nitrogens with one attached hydrogen (secondary N) is 3. The fourth-order valence-corrected chi connectivity index (χ4v) is 1.19. The number of hydrogen-bond donors (Lipinski definition) is 3. The first kappa shape index (κ1) is 12.7. The third-order valence-electron chi connectivity index (χ3n) is 1.38. The molecular formula is C9H21N3S. The van der Waals surface area contributed by atoms with Crippen molar-refractivity contribution in [2.24, 2.45) is 0 Å². The van der Waals surface area contributed by atoms with E-state index in [4.69, 9.17) is 12.2 Å². The zero-order valence-electron chi connectivity index (χ0n) is 8.98. The summed E-state index contributed by atoms with van der Waals surface area (Å²) in [6, 6.07) is 0.937. The molecule has 3 nitrogen and oxygen atoms in total. The Morgan fingerprint density at radius 3 is 2.15 bits per heavy atom. The van der Waals surface area contributed by atoms with E-state index in [9.17, 15) is 0 Å². The van der Waals surface area contributed by atoms with Gasteiger partial charge in [-0.2, -0.15) is 0 Å². The van der Waals surface area contributed by atoms with Crippen molar-refractivity contribution >= 4 is 17.3 Å². The second kappa shape index (κ2) is 7.09. The van der Waals surface area contributed by atoms with E-state index in [-0.39, 0.29) is 0 Å². The van der Waals surface area contributed by atoms with Crippen LogP contribution in [0.4, 0.5) is 0 Å². The normalized spacial score (nSPS) is 10.6. The predicted octanol–water partition coefficient (Wildman–Crippen LogP) is 0.857. The van der Waals surface area contributed by atoms with Gasteiger partial charge in [0.1, 0.15) is 0 Å². The van der Waals surface area contributed by atoms with Gasteiger partial charge < -0.3 is 16.0 Å². The van der Waals surface area contributed by atoms with Crippen LogP contribution < -0.4 is 16.0 Å². The summed E-state index contributed by atoms with van der Waals surface area (Å²) in [6.07, 6.45) is 0. The number of thiocarbonyl (C=S) groups is 1. The van der Waals surface area contributed by atoms with Gasteiger partial charge in [0, 0.05) is 25.2 Å². The van der Waals surface area contributed by atoms with Crippen molar-refractivity contribution in [2.75, 3.05) is 13.1 Å². The molecule has 0 aliphatic heterocycles. The number of rotatable bonds is 5. The molecule has 0 bridgehead atoms. The molecule has 0 saturated carbocycles. The van der Waals surface area contributed by atoms with Crippen LogP contribution in [0.15, 0.2) is 0 Å². The molecule has 78 valence electrons. The maximum absolute atomic E-state index is 5.06. The molecule has 0 amide bonds. The van der Waals surface area contributed by atoms with Gasteiger partial charge in [0.15, 0.2) is 5.11 Å². The van der Waals surface area contributed by atoms with E-state index in [1.54, 1.807) is 0 Å². The lowest BCUT2D eigenvalue weighted by molar-refractivity contribution is 0.581. The summed E-state index contributed by atoms with van der Waals surface area (Å²) in [6.45, 7) is 10.2. The van der Waals surface area contributed by atoms with Gasteiger partial charge in [-0.1, -0.05) is 13.8 Å². The van der Waals surface area contributed by atoms with Gasteiger partial charge in [0.25, 0.3) is 0 Å². The smallest absolute Gasteiger partial charge is 0.166 e. The van der Waals surface area contributed by atoms with E-state index < -0.39 is 0 Å². The lowest BCUT2D eigenvalue weighted by Gasteiger charge is -2.14. The van der Waals surface area contributed by atoms with E-state index in [1.807, 2.05) is 0 Å². The molecule has 0 radical (unpaired) electrons. The molecule has 0 aromatic carbocycles. The molecule has 4 heteroatoms. The van der Waals surface area contributed by atoms with E-state index in [2.05, 4.69) is 43.6 Å². The van der Waals surface area contributed by atoms with Crippen molar-refractivity contribution in [1.29, 1.82) is 0 Å². The molecule has 0 fully saturated rings. The van der Waals surface area contributed by atoms with Gasteiger partial charge in [0.05, 0.1) is 0 Å². The van der Waals surface area contributed by atoms with Gasteiger partial charge >= 0.3 is 0 Å². The lowest BCUT2D eigenvalue weighted by atomic mass is 10.4. The Morgan fingerprint density at radius 2 is 1.69 bits per heavy atom. The maximum atomic E-state index is 5.06. The fourth-order valence-electron chi connectivity index (χ4n) is 0.850. The van der Waals surface area contributed by atoms with Gasteiger partial charge in [-0.05, 0) is 26.1 Å². The Bertz CT molecular complexity index is 146.